The summed E-state index contributed by atoms with van der Waals surface area (Å²) in [5.74, 6) is 1.82. The van der Waals surface area contributed by atoms with Crippen LogP contribution in [0.1, 0.15) is 59.4 Å². The van der Waals surface area contributed by atoms with Crippen LogP contribution in [0.15, 0.2) is 41.4 Å². The second-order valence-electron chi connectivity index (χ2n) is 12.6. The molecule has 0 N–H and O–H groups in total. The fourth-order valence-electron chi connectivity index (χ4n) is 5.28. The number of benzene rings is 2. The van der Waals surface area contributed by atoms with E-state index in [4.69, 9.17) is 37.4 Å². The van der Waals surface area contributed by atoms with Gasteiger partial charge in [0.05, 0.1) is 28.0 Å². The van der Waals surface area contributed by atoms with E-state index in [0.29, 0.717) is 48.0 Å². The van der Waals surface area contributed by atoms with E-state index in [0.717, 1.165) is 74.7 Å². The molecule has 2 aliphatic rings. The highest BCUT2D eigenvalue weighted by Crippen LogP contribution is 2.33. The molecule has 0 spiro atoms. The summed E-state index contributed by atoms with van der Waals surface area (Å²) < 4.78 is 17.3. The maximum atomic E-state index is 12.6. The first kappa shape index (κ1) is 34.2. The van der Waals surface area contributed by atoms with Crippen molar-refractivity contribution < 1.29 is 19.0 Å². The van der Waals surface area contributed by atoms with Crippen molar-refractivity contribution >= 4 is 46.6 Å². The second-order valence-corrected chi connectivity index (χ2v) is 13.4. The molecular formula is C34H48Cl2N4O4. The molecule has 0 radical (unpaired) electrons. The summed E-state index contributed by atoms with van der Waals surface area (Å²) in [5, 5.41) is 1.24. The van der Waals surface area contributed by atoms with Gasteiger partial charge in [-0.05, 0) is 67.8 Å². The molecule has 2 aromatic carbocycles. The van der Waals surface area contributed by atoms with Gasteiger partial charge in [0.1, 0.15) is 5.75 Å². The zero-order chi connectivity index (χ0) is 31.7. The number of fused-ring (bicyclic) bond motifs is 1. The van der Waals surface area contributed by atoms with Crippen LogP contribution in [0.4, 0.5) is 16.2 Å². The Hall–Kier alpha value is -2.68. The van der Waals surface area contributed by atoms with Gasteiger partial charge in [-0.2, -0.15) is 0 Å². The number of piperazine rings is 1. The minimum Gasteiger partial charge on any atom is -0.494 e. The molecule has 1 amide bonds. The molecule has 1 fully saturated rings. The maximum absolute atomic E-state index is 12.6. The number of rotatable bonds is 13. The lowest BCUT2D eigenvalue weighted by Gasteiger charge is -2.36. The third kappa shape index (κ3) is 9.41. The second kappa shape index (κ2) is 16.1. The molecule has 0 aliphatic carbocycles. The Morgan fingerprint density at radius 2 is 1.82 bits per heavy atom. The average molecular weight is 648 g/mol. The van der Waals surface area contributed by atoms with Crippen molar-refractivity contribution in [3.63, 3.8) is 0 Å². The van der Waals surface area contributed by atoms with E-state index in [-0.39, 0.29) is 18.3 Å². The van der Waals surface area contributed by atoms with E-state index in [1.165, 1.54) is 0 Å². The van der Waals surface area contributed by atoms with Crippen LogP contribution >= 0.6 is 23.2 Å². The molecule has 0 unspecified atom stereocenters. The number of nitrogens with zero attached hydrogens (tertiary/aromatic N) is 4. The van der Waals surface area contributed by atoms with E-state index >= 15 is 0 Å². The lowest BCUT2D eigenvalue weighted by molar-refractivity contribution is 0.0192. The number of ether oxygens (including phenoxy) is 3. The predicted molar refractivity (Wildman–Crippen MR) is 180 cm³/mol. The summed E-state index contributed by atoms with van der Waals surface area (Å²) in [5.41, 5.74) is 3.02. The number of carbonyl (C=O) groups excluding carboxylic acids is 1. The number of hydrogen-bond donors (Lipinski definition) is 0. The number of aliphatic imine (C=N–C) groups is 1. The normalized spacial score (nSPS) is 15.5. The summed E-state index contributed by atoms with van der Waals surface area (Å²) in [6, 6.07) is 11.9. The molecule has 0 bridgehead atoms. The van der Waals surface area contributed by atoms with Crippen molar-refractivity contribution in [1.29, 1.82) is 0 Å². The molecular weight excluding hydrogens is 599 g/mol. The summed E-state index contributed by atoms with van der Waals surface area (Å²) in [7, 11) is 0. The van der Waals surface area contributed by atoms with E-state index in [1.54, 1.807) is 4.90 Å². The van der Waals surface area contributed by atoms with Gasteiger partial charge in [-0.1, -0.05) is 63.0 Å². The van der Waals surface area contributed by atoms with Crippen LogP contribution in [0, 0.1) is 11.3 Å². The lowest BCUT2D eigenvalue weighted by Crippen LogP contribution is -2.46. The Kier molecular flexibility index (Phi) is 12.5. The molecule has 2 aromatic rings. The predicted octanol–water partition coefficient (Wildman–Crippen LogP) is 8.07. The van der Waals surface area contributed by atoms with Crippen LogP contribution < -0.4 is 9.64 Å². The van der Waals surface area contributed by atoms with E-state index in [1.807, 2.05) is 37.3 Å². The Morgan fingerprint density at radius 1 is 1.05 bits per heavy atom. The van der Waals surface area contributed by atoms with Crippen LogP contribution in [0.25, 0.3) is 0 Å². The molecule has 242 valence electrons. The van der Waals surface area contributed by atoms with Crippen molar-refractivity contribution in [2.45, 2.75) is 60.3 Å². The summed E-state index contributed by atoms with van der Waals surface area (Å²) in [6.45, 7) is 17.3. The first-order valence-corrected chi connectivity index (χ1v) is 16.6. The Bertz CT molecular complexity index is 1280. The van der Waals surface area contributed by atoms with Crippen LogP contribution in [0.5, 0.6) is 5.75 Å². The topological polar surface area (TPSA) is 66.8 Å². The fourth-order valence-corrected chi connectivity index (χ4v) is 5.70. The zero-order valence-corrected chi connectivity index (χ0v) is 28.4. The van der Waals surface area contributed by atoms with Crippen LogP contribution in [0.2, 0.25) is 10.0 Å². The van der Waals surface area contributed by atoms with E-state index in [9.17, 15) is 4.79 Å². The monoisotopic (exact) mass is 646 g/mol. The fraction of sp³-hybridized carbons (Fsp3) is 0.588. The minimum absolute atomic E-state index is 0.00294. The number of aryl methyl sites for hydroxylation is 1. The molecule has 2 heterocycles. The third-order valence-electron chi connectivity index (χ3n) is 8.90. The molecule has 10 heteroatoms. The van der Waals surface area contributed by atoms with Gasteiger partial charge in [0.15, 0.2) is 5.90 Å². The number of halogens is 2. The number of amides is 1. The smallest absolute Gasteiger partial charge is 0.412 e. The number of hydrogen-bond acceptors (Lipinski definition) is 7. The standard InChI is InChI=1S/C34H48Cl2N4O4/c1-6-39(23-34(4,5)25(2)3)33(41)44-24-43-31-15-13-26-12-14-27(22-29(26)37-31)42-21-8-7-16-38-17-19-40(20-18-38)30-11-9-10-28(35)32(30)36/h9-12,14,22,25H,6-8,13,15-21,23-24H2,1-5H3. The largest absolute Gasteiger partial charge is 0.494 e. The Labute approximate surface area is 273 Å². The number of unbranched alkanes of at least 4 members (excludes halogenated alkanes) is 1. The highest BCUT2D eigenvalue weighted by atomic mass is 35.5. The van der Waals surface area contributed by atoms with Crippen molar-refractivity contribution in [3.05, 3.63) is 52.0 Å². The van der Waals surface area contributed by atoms with Crippen molar-refractivity contribution in [3.8, 4) is 5.75 Å². The molecule has 0 saturated carbocycles. The number of anilines is 1. The molecule has 4 rings (SSSR count). The molecule has 44 heavy (non-hydrogen) atoms. The maximum Gasteiger partial charge on any atom is 0.412 e. The Balaban J connectivity index is 1.16. The molecule has 0 aromatic heterocycles. The summed E-state index contributed by atoms with van der Waals surface area (Å²) in [4.78, 5) is 23.8. The molecule has 8 nitrogen and oxygen atoms in total. The quantitative estimate of drug-likeness (QED) is 0.162. The first-order valence-electron chi connectivity index (χ1n) is 15.9. The third-order valence-corrected chi connectivity index (χ3v) is 9.71. The lowest BCUT2D eigenvalue weighted by atomic mass is 9.81. The minimum atomic E-state index is -0.363. The Morgan fingerprint density at radius 3 is 2.55 bits per heavy atom. The zero-order valence-electron chi connectivity index (χ0n) is 26.9. The van der Waals surface area contributed by atoms with Gasteiger partial charge in [-0.25, -0.2) is 9.79 Å². The highest BCUT2D eigenvalue weighted by Gasteiger charge is 2.28. The summed E-state index contributed by atoms with van der Waals surface area (Å²) in [6.07, 6.45) is 3.18. The van der Waals surface area contributed by atoms with Crippen LogP contribution in [-0.4, -0.2) is 81.0 Å². The van der Waals surface area contributed by atoms with Crippen molar-refractivity contribution in [2.24, 2.45) is 16.3 Å². The summed E-state index contributed by atoms with van der Waals surface area (Å²) >= 11 is 12.6. The van der Waals surface area contributed by atoms with Crippen LogP contribution in [-0.2, 0) is 15.9 Å². The van der Waals surface area contributed by atoms with E-state index < -0.39 is 0 Å². The van der Waals surface area contributed by atoms with Gasteiger partial charge in [-0.3, -0.25) is 4.90 Å². The van der Waals surface area contributed by atoms with Gasteiger partial charge in [0, 0.05) is 51.8 Å². The molecule has 0 atom stereocenters. The molecule has 1 saturated heterocycles. The SMILES string of the molecule is CCN(CC(C)(C)C(C)C)C(=O)OCOC1=Nc2cc(OCCCCN3CCN(c4cccc(Cl)c4Cl)CC3)ccc2CC1. The van der Waals surface area contributed by atoms with Crippen LogP contribution in [0.3, 0.4) is 0 Å². The highest BCUT2D eigenvalue weighted by molar-refractivity contribution is 6.43. The van der Waals surface area contributed by atoms with E-state index in [2.05, 4.69) is 48.6 Å². The van der Waals surface area contributed by atoms with Gasteiger partial charge < -0.3 is 24.0 Å². The molecule has 2 aliphatic heterocycles. The van der Waals surface area contributed by atoms with Gasteiger partial charge >= 0.3 is 6.09 Å². The van der Waals surface area contributed by atoms with Gasteiger partial charge in [0.2, 0.25) is 6.79 Å². The average Bonchev–Trinajstić information content (AvgIpc) is 3.01. The van der Waals surface area contributed by atoms with Gasteiger partial charge in [-0.15, -0.1) is 0 Å². The van der Waals surface area contributed by atoms with Crippen molar-refractivity contribution in [1.82, 2.24) is 9.80 Å². The van der Waals surface area contributed by atoms with Crippen molar-refractivity contribution in [2.75, 3.05) is 64.1 Å². The first-order chi connectivity index (χ1) is 21.1. The van der Waals surface area contributed by atoms with Gasteiger partial charge in [0.25, 0.3) is 0 Å². The number of carbonyl (C=O) groups is 1.